The van der Waals surface area contributed by atoms with Crippen molar-refractivity contribution in [2.24, 2.45) is 11.3 Å². The van der Waals surface area contributed by atoms with Gasteiger partial charge in [-0.3, -0.25) is 0 Å². The van der Waals surface area contributed by atoms with Crippen molar-refractivity contribution in [1.29, 1.82) is 0 Å². The molecule has 0 amide bonds. The highest BCUT2D eigenvalue weighted by Gasteiger charge is 2.44. The lowest BCUT2D eigenvalue weighted by Gasteiger charge is -2.40. The van der Waals surface area contributed by atoms with Crippen LogP contribution in [0, 0.1) is 11.3 Å². The number of carbonyl (C=O) groups is 1. The minimum Gasteiger partial charge on any atom is -0.458 e. The normalized spacial score (nSPS) is 30.2. The summed E-state index contributed by atoms with van der Waals surface area (Å²) in [5.41, 5.74) is 2.49. The molecule has 0 aromatic carbocycles. The predicted octanol–water partition coefficient (Wildman–Crippen LogP) is 3.53. The van der Waals surface area contributed by atoms with E-state index in [9.17, 15) is 9.90 Å². The lowest BCUT2D eigenvalue weighted by atomic mass is 9.63. The molecule has 0 spiro atoms. The van der Waals surface area contributed by atoms with Crippen LogP contribution in [0.4, 0.5) is 0 Å². The van der Waals surface area contributed by atoms with Crippen molar-refractivity contribution in [2.45, 2.75) is 71.8 Å². The second-order valence-electron chi connectivity index (χ2n) is 8.13. The van der Waals surface area contributed by atoms with E-state index in [1.54, 1.807) is 6.92 Å². The first-order chi connectivity index (χ1) is 11.2. The Morgan fingerprint density at radius 3 is 2.88 bits per heavy atom. The van der Waals surface area contributed by atoms with Crippen LogP contribution in [0.5, 0.6) is 0 Å². The molecule has 2 rings (SSSR count). The Labute approximate surface area is 145 Å². The van der Waals surface area contributed by atoms with E-state index in [2.05, 4.69) is 26.8 Å². The van der Waals surface area contributed by atoms with Crippen molar-refractivity contribution in [3.63, 3.8) is 0 Å². The van der Waals surface area contributed by atoms with Gasteiger partial charge >= 0.3 is 5.97 Å². The van der Waals surface area contributed by atoms with Gasteiger partial charge in [0.05, 0.1) is 12.2 Å². The monoisotopic (exact) mass is 336 g/mol. The Balaban J connectivity index is 1.98. The number of aliphatic hydroxyl groups is 2. The molecule has 0 saturated carbocycles. The summed E-state index contributed by atoms with van der Waals surface area (Å²) < 4.78 is 5.29. The van der Waals surface area contributed by atoms with E-state index in [0.29, 0.717) is 18.9 Å². The Morgan fingerprint density at radius 2 is 2.21 bits per heavy atom. The number of rotatable bonds is 7. The first-order valence-electron chi connectivity index (χ1n) is 9.08. The van der Waals surface area contributed by atoms with Gasteiger partial charge in [0, 0.05) is 5.57 Å². The van der Waals surface area contributed by atoms with Crippen LogP contribution >= 0.6 is 0 Å². The van der Waals surface area contributed by atoms with E-state index in [-0.39, 0.29) is 18.0 Å². The number of aliphatic hydroxyl groups excluding tert-OH is 1. The standard InChI is InChI=1S/C20H32O4/c1-14(6-5-10-19(3,23)13-21)9-11-20(4)15(2)7-8-16-17(20)12-24-18(16)22/h6,15,21,23H,5,7-13H2,1-4H3/b14-6+/t15-,19?,20+/m1/s1. The lowest BCUT2D eigenvalue weighted by Crippen LogP contribution is -2.32. The van der Waals surface area contributed by atoms with Crippen LogP contribution < -0.4 is 0 Å². The first kappa shape index (κ1) is 19.2. The summed E-state index contributed by atoms with van der Waals surface area (Å²) in [6, 6.07) is 0. The summed E-state index contributed by atoms with van der Waals surface area (Å²) in [5, 5.41) is 18.9. The second-order valence-corrected chi connectivity index (χ2v) is 8.13. The summed E-state index contributed by atoms with van der Waals surface area (Å²) in [7, 11) is 0. The third-order valence-corrected chi connectivity index (χ3v) is 6.12. The topological polar surface area (TPSA) is 66.8 Å². The van der Waals surface area contributed by atoms with Gasteiger partial charge in [0.25, 0.3) is 0 Å². The van der Waals surface area contributed by atoms with E-state index in [0.717, 1.165) is 37.7 Å². The molecule has 2 N–H and O–H groups in total. The number of allylic oxidation sites excluding steroid dienone is 2. The molecule has 0 aromatic rings. The van der Waals surface area contributed by atoms with Crippen LogP contribution in [0.3, 0.4) is 0 Å². The van der Waals surface area contributed by atoms with Gasteiger partial charge in [-0.05, 0) is 69.3 Å². The molecule has 1 aliphatic heterocycles. The summed E-state index contributed by atoms with van der Waals surface area (Å²) in [5.74, 6) is 0.440. The Hall–Kier alpha value is -1.13. The van der Waals surface area contributed by atoms with Crippen molar-refractivity contribution in [1.82, 2.24) is 0 Å². The van der Waals surface area contributed by atoms with Gasteiger partial charge in [0.1, 0.15) is 6.61 Å². The Bertz CT molecular complexity index is 544. The molecule has 4 nitrogen and oxygen atoms in total. The van der Waals surface area contributed by atoms with Crippen molar-refractivity contribution in [3.8, 4) is 0 Å². The Morgan fingerprint density at radius 1 is 1.50 bits per heavy atom. The molecule has 1 unspecified atom stereocenters. The SMILES string of the molecule is C/C(=C\CCC(C)(O)CO)CC[C@]1(C)C2=C(CC[C@H]1C)C(=O)OC2. The number of ether oxygens (including phenoxy) is 1. The molecule has 136 valence electrons. The van der Waals surface area contributed by atoms with Crippen LogP contribution in [-0.4, -0.2) is 35.0 Å². The van der Waals surface area contributed by atoms with Gasteiger partial charge in [0.15, 0.2) is 0 Å². The molecule has 4 heteroatoms. The highest BCUT2D eigenvalue weighted by atomic mass is 16.5. The number of cyclic esters (lactones) is 1. The van der Waals surface area contributed by atoms with Gasteiger partial charge in [-0.1, -0.05) is 25.5 Å². The molecule has 3 atom stereocenters. The zero-order valence-electron chi connectivity index (χ0n) is 15.5. The van der Waals surface area contributed by atoms with E-state index in [1.165, 1.54) is 11.1 Å². The zero-order chi connectivity index (χ0) is 18.0. The van der Waals surface area contributed by atoms with Gasteiger partial charge in [-0.25, -0.2) is 4.79 Å². The number of hydrogen-bond donors (Lipinski definition) is 2. The number of hydrogen-bond acceptors (Lipinski definition) is 4. The maximum atomic E-state index is 11.9. The molecule has 0 fully saturated rings. The fourth-order valence-electron chi connectivity index (χ4n) is 3.84. The van der Waals surface area contributed by atoms with Crippen molar-refractivity contribution in [2.75, 3.05) is 13.2 Å². The number of esters is 1. The second kappa shape index (κ2) is 7.40. The zero-order valence-corrected chi connectivity index (χ0v) is 15.5. The van der Waals surface area contributed by atoms with Gasteiger partial charge in [-0.15, -0.1) is 0 Å². The van der Waals surface area contributed by atoms with Gasteiger partial charge in [-0.2, -0.15) is 0 Å². The van der Waals surface area contributed by atoms with Crippen LogP contribution in [0.25, 0.3) is 0 Å². The smallest absolute Gasteiger partial charge is 0.334 e. The number of carbonyl (C=O) groups excluding carboxylic acids is 1. The summed E-state index contributed by atoms with van der Waals surface area (Å²) in [4.78, 5) is 11.9. The average Bonchev–Trinajstić information content (AvgIpc) is 2.91. The molecule has 2 aliphatic rings. The minimum absolute atomic E-state index is 0.0332. The van der Waals surface area contributed by atoms with Crippen LogP contribution in [0.1, 0.15) is 66.2 Å². The Kier molecular flexibility index (Phi) is 5.92. The fourth-order valence-corrected chi connectivity index (χ4v) is 3.84. The van der Waals surface area contributed by atoms with E-state index >= 15 is 0 Å². The fraction of sp³-hybridized carbons (Fsp3) is 0.750. The molecule has 24 heavy (non-hydrogen) atoms. The van der Waals surface area contributed by atoms with E-state index < -0.39 is 5.60 Å². The molecular weight excluding hydrogens is 304 g/mol. The molecular formula is C20H32O4. The molecule has 0 radical (unpaired) electrons. The molecule has 0 bridgehead atoms. The predicted molar refractivity (Wildman–Crippen MR) is 94.4 cm³/mol. The van der Waals surface area contributed by atoms with Crippen molar-refractivity contribution < 1.29 is 19.7 Å². The molecule has 1 aliphatic carbocycles. The van der Waals surface area contributed by atoms with Crippen LogP contribution in [0.2, 0.25) is 0 Å². The van der Waals surface area contributed by atoms with E-state index in [4.69, 9.17) is 9.84 Å². The molecule has 0 saturated heterocycles. The maximum absolute atomic E-state index is 11.9. The van der Waals surface area contributed by atoms with Gasteiger partial charge < -0.3 is 14.9 Å². The molecule has 1 heterocycles. The first-order valence-corrected chi connectivity index (χ1v) is 9.08. The van der Waals surface area contributed by atoms with Crippen molar-refractivity contribution >= 4 is 5.97 Å². The summed E-state index contributed by atoms with van der Waals surface area (Å²) in [6.07, 6.45) is 7.39. The highest BCUT2D eigenvalue weighted by Crippen LogP contribution is 2.50. The maximum Gasteiger partial charge on any atom is 0.334 e. The minimum atomic E-state index is -0.998. The third kappa shape index (κ3) is 4.09. The quantitative estimate of drug-likeness (QED) is 0.551. The van der Waals surface area contributed by atoms with Crippen LogP contribution in [-0.2, 0) is 9.53 Å². The lowest BCUT2D eigenvalue weighted by molar-refractivity contribution is -0.136. The largest absolute Gasteiger partial charge is 0.458 e. The average molecular weight is 336 g/mol. The molecule has 0 aromatic heterocycles. The highest BCUT2D eigenvalue weighted by molar-refractivity contribution is 5.92. The summed E-state index contributed by atoms with van der Waals surface area (Å²) >= 11 is 0. The summed E-state index contributed by atoms with van der Waals surface area (Å²) in [6.45, 7) is 8.60. The van der Waals surface area contributed by atoms with Gasteiger partial charge in [0.2, 0.25) is 0 Å². The van der Waals surface area contributed by atoms with Crippen LogP contribution in [0.15, 0.2) is 22.8 Å². The van der Waals surface area contributed by atoms with Crippen molar-refractivity contribution in [3.05, 3.63) is 22.8 Å². The third-order valence-electron chi connectivity index (χ3n) is 6.12. The van der Waals surface area contributed by atoms with E-state index in [1.807, 2.05) is 0 Å².